The molecule has 2 aliphatic rings. The molecule has 152 valence electrons. The second-order valence-corrected chi connectivity index (χ2v) is 9.16. The maximum atomic E-state index is 13.1. The van der Waals surface area contributed by atoms with Crippen molar-refractivity contribution in [3.8, 4) is 0 Å². The molecule has 1 aromatic rings. The van der Waals surface area contributed by atoms with Crippen molar-refractivity contribution in [1.29, 1.82) is 0 Å². The molecular weight excluding hydrogens is 358 g/mol. The van der Waals surface area contributed by atoms with Crippen LogP contribution in [0.2, 0.25) is 0 Å². The van der Waals surface area contributed by atoms with E-state index in [1.165, 1.54) is 0 Å². The van der Waals surface area contributed by atoms with Crippen LogP contribution in [0.5, 0.6) is 0 Å². The zero-order chi connectivity index (χ0) is 20.7. The summed E-state index contributed by atoms with van der Waals surface area (Å²) in [6.07, 6.45) is 3.56. The molecule has 1 aliphatic carbocycles. The molecule has 2 N–H and O–H groups in total. The van der Waals surface area contributed by atoms with Crippen LogP contribution in [0.25, 0.3) is 0 Å². The van der Waals surface area contributed by atoms with E-state index in [0.29, 0.717) is 6.54 Å². The Balaban J connectivity index is 1.69. The fourth-order valence-electron chi connectivity index (χ4n) is 4.48. The van der Waals surface area contributed by atoms with Gasteiger partial charge in [-0.2, -0.15) is 0 Å². The monoisotopic (exact) mass is 387 g/mol. The van der Waals surface area contributed by atoms with Gasteiger partial charge in [-0.1, -0.05) is 27.7 Å². The number of nitrogens with zero attached hydrogens (tertiary/aromatic N) is 2. The molecule has 3 rings (SSSR count). The topological polar surface area (TPSA) is 99.6 Å². The molecule has 1 aliphatic heterocycles. The maximum Gasteiger partial charge on any atom is 0.308 e. The van der Waals surface area contributed by atoms with Crippen molar-refractivity contribution in [3.05, 3.63) is 30.1 Å². The van der Waals surface area contributed by atoms with Gasteiger partial charge in [-0.3, -0.25) is 19.4 Å². The number of piperidine rings is 1. The third-order valence-electron chi connectivity index (χ3n) is 6.97. The Kier molecular flexibility index (Phi) is 5.21. The summed E-state index contributed by atoms with van der Waals surface area (Å²) in [5.74, 6) is -2.60. The van der Waals surface area contributed by atoms with Crippen LogP contribution in [0, 0.1) is 28.6 Å². The highest BCUT2D eigenvalue weighted by Gasteiger charge is 2.69. The number of carbonyl (C=O) groups is 3. The number of carbonyl (C=O) groups excluding carboxylic acids is 2. The van der Waals surface area contributed by atoms with Crippen molar-refractivity contribution in [2.45, 2.75) is 40.7 Å². The zero-order valence-electron chi connectivity index (χ0n) is 16.9. The summed E-state index contributed by atoms with van der Waals surface area (Å²) in [6, 6.07) is 3.63. The molecule has 1 saturated heterocycles. The summed E-state index contributed by atoms with van der Waals surface area (Å²) >= 11 is 0. The molecule has 2 heterocycles. The van der Waals surface area contributed by atoms with E-state index >= 15 is 0 Å². The van der Waals surface area contributed by atoms with Crippen molar-refractivity contribution >= 4 is 17.8 Å². The van der Waals surface area contributed by atoms with Crippen LogP contribution in [0.4, 0.5) is 0 Å². The van der Waals surface area contributed by atoms with E-state index in [-0.39, 0.29) is 48.1 Å². The third-order valence-corrected chi connectivity index (χ3v) is 6.97. The van der Waals surface area contributed by atoms with Crippen molar-refractivity contribution in [2.24, 2.45) is 28.6 Å². The van der Waals surface area contributed by atoms with Crippen LogP contribution in [0.1, 0.15) is 39.7 Å². The van der Waals surface area contributed by atoms with Crippen LogP contribution >= 0.6 is 0 Å². The number of amides is 2. The van der Waals surface area contributed by atoms with Gasteiger partial charge in [-0.25, -0.2) is 0 Å². The minimum absolute atomic E-state index is 0.0344. The van der Waals surface area contributed by atoms with Crippen LogP contribution in [0.15, 0.2) is 24.5 Å². The Morgan fingerprint density at radius 2 is 1.68 bits per heavy atom. The molecule has 2 fully saturated rings. The standard InChI is InChI=1S/C21H29N3O4/c1-20(2)16(21(20,3)4)18(26)24-11-14(9-15(12-24)19(27)28)17(25)23-10-13-5-7-22-8-6-13/h5-8,14-16H,9-12H2,1-4H3,(H,23,25)(H,27,28)/t14-,15+/m1/s1. The zero-order valence-corrected chi connectivity index (χ0v) is 16.9. The van der Waals surface area contributed by atoms with E-state index in [9.17, 15) is 19.5 Å². The number of hydrogen-bond donors (Lipinski definition) is 2. The highest BCUT2D eigenvalue weighted by Crippen LogP contribution is 2.68. The predicted octanol–water partition coefficient (Wildman–Crippen LogP) is 1.93. The number of aromatic nitrogens is 1. The Bertz CT molecular complexity index is 761. The molecule has 2 atom stereocenters. The number of rotatable bonds is 5. The number of carboxylic acids is 1. The molecule has 1 saturated carbocycles. The van der Waals surface area contributed by atoms with Gasteiger partial charge in [0, 0.05) is 37.9 Å². The van der Waals surface area contributed by atoms with Gasteiger partial charge < -0.3 is 15.3 Å². The smallest absolute Gasteiger partial charge is 0.308 e. The fraction of sp³-hybridized carbons (Fsp3) is 0.619. The molecule has 0 radical (unpaired) electrons. The first kappa shape index (κ1) is 20.3. The Labute approximate surface area is 165 Å². The van der Waals surface area contributed by atoms with Gasteiger partial charge in [0.2, 0.25) is 11.8 Å². The number of aliphatic carboxylic acids is 1. The lowest BCUT2D eigenvalue weighted by Gasteiger charge is -2.36. The second kappa shape index (κ2) is 7.18. The number of pyridine rings is 1. The number of carboxylic acid groups (broad SMARTS) is 1. The second-order valence-electron chi connectivity index (χ2n) is 9.16. The lowest BCUT2D eigenvalue weighted by molar-refractivity contribution is -0.149. The average molecular weight is 387 g/mol. The summed E-state index contributed by atoms with van der Waals surface area (Å²) < 4.78 is 0. The summed E-state index contributed by atoms with van der Waals surface area (Å²) in [7, 11) is 0. The van der Waals surface area contributed by atoms with Gasteiger partial charge >= 0.3 is 5.97 Å². The molecule has 0 spiro atoms. The van der Waals surface area contributed by atoms with Crippen LogP contribution in [-0.2, 0) is 20.9 Å². The maximum absolute atomic E-state index is 13.1. The fourth-order valence-corrected chi connectivity index (χ4v) is 4.48. The van der Waals surface area contributed by atoms with Crippen LogP contribution < -0.4 is 5.32 Å². The van der Waals surface area contributed by atoms with Gasteiger partial charge in [0.1, 0.15) is 0 Å². The van der Waals surface area contributed by atoms with Crippen LogP contribution in [-0.4, -0.2) is 45.9 Å². The molecule has 7 heteroatoms. The van der Waals surface area contributed by atoms with E-state index in [2.05, 4.69) is 38.0 Å². The predicted molar refractivity (Wildman–Crippen MR) is 103 cm³/mol. The van der Waals surface area contributed by atoms with E-state index in [4.69, 9.17) is 0 Å². The number of nitrogens with one attached hydrogen (secondary N) is 1. The van der Waals surface area contributed by atoms with Gasteiger partial charge in [-0.15, -0.1) is 0 Å². The highest BCUT2D eigenvalue weighted by atomic mass is 16.4. The van der Waals surface area contributed by atoms with Gasteiger partial charge in [0.25, 0.3) is 0 Å². The normalized spacial score (nSPS) is 25.8. The number of likely N-dealkylation sites (tertiary alicyclic amines) is 1. The quantitative estimate of drug-likeness (QED) is 0.804. The molecule has 0 bridgehead atoms. The summed E-state index contributed by atoms with van der Waals surface area (Å²) in [4.78, 5) is 43.0. The van der Waals surface area contributed by atoms with Crippen molar-refractivity contribution in [3.63, 3.8) is 0 Å². The summed E-state index contributed by atoms with van der Waals surface area (Å²) in [5, 5.41) is 12.4. The SMILES string of the molecule is CC1(C)C(C(=O)N2C[C@@H](C(=O)O)C[C@@H](C(=O)NCc3ccncc3)C2)C1(C)C. The third kappa shape index (κ3) is 3.62. The Hall–Kier alpha value is -2.44. The summed E-state index contributed by atoms with van der Waals surface area (Å²) in [5.41, 5.74) is 0.668. The lowest BCUT2D eigenvalue weighted by Crippen LogP contribution is -2.51. The molecule has 0 aromatic carbocycles. The van der Waals surface area contributed by atoms with E-state index < -0.39 is 17.8 Å². The van der Waals surface area contributed by atoms with E-state index in [1.54, 1.807) is 17.3 Å². The van der Waals surface area contributed by atoms with E-state index in [1.807, 2.05) is 12.1 Å². The highest BCUT2D eigenvalue weighted by molar-refractivity contribution is 5.87. The lowest BCUT2D eigenvalue weighted by atomic mass is 9.88. The molecule has 0 unspecified atom stereocenters. The first-order chi connectivity index (χ1) is 13.1. The molecule has 28 heavy (non-hydrogen) atoms. The molecular formula is C21H29N3O4. The van der Waals surface area contributed by atoms with Gasteiger partial charge in [0.05, 0.1) is 11.8 Å². The molecule has 1 aromatic heterocycles. The van der Waals surface area contributed by atoms with Crippen molar-refractivity contribution < 1.29 is 19.5 Å². The number of hydrogen-bond acceptors (Lipinski definition) is 4. The minimum Gasteiger partial charge on any atom is -0.481 e. The average Bonchev–Trinajstić information content (AvgIpc) is 3.08. The van der Waals surface area contributed by atoms with Gasteiger partial charge in [0.15, 0.2) is 0 Å². The molecule has 2 amide bonds. The first-order valence-corrected chi connectivity index (χ1v) is 9.74. The Morgan fingerprint density at radius 1 is 1.11 bits per heavy atom. The van der Waals surface area contributed by atoms with Crippen LogP contribution in [0.3, 0.4) is 0 Å². The molecule has 7 nitrogen and oxygen atoms in total. The van der Waals surface area contributed by atoms with Crippen molar-refractivity contribution in [1.82, 2.24) is 15.2 Å². The van der Waals surface area contributed by atoms with Gasteiger partial charge in [-0.05, 0) is 34.9 Å². The first-order valence-electron chi connectivity index (χ1n) is 9.74. The Morgan fingerprint density at radius 3 is 2.21 bits per heavy atom. The van der Waals surface area contributed by atoms with Crippen molar-refractivity contribution in [2.75, 3.05) is 13.1 Å². The van der Waals surface area contributed by atoms with E-state index in [0.717, 1.165) is 5.56 Å². The summed E-state index contributed by atoms with van der Waals surface area (Å²) in [6.45, 7) is 9.05. The minimum atomic E-state index is -0.959. The largest absolute Gasteiger partial charge is 0.481 e.